The highest BCUT2D eigenvalue weighted by molar-refractivity contribution is 6.06. The van der Waals surface area contributed by atoms with Crippen LogP contribution in [0.2, 0.25) is 0 Å². The molecule has 2 aromatic rings. The number of rotatable bonds is 6. The Kier molecular flexibility index (Phi) is 5.19. The normalized spacial score (nSPS) is 10.7. The summed E-state index contributed by atoms with van der Waals surface area (Å²) >= 11 is 0. The van der Waals surface area contributed by atoms with Crippen LogP contribution in [-0.2, 0) is 4.79 Å². The van der Waals surface area contributed by atoms with E-state index < -0.39 is 30.0 Å². The predicted molar refractivity (Wildman–Crippen MR) is 79.3 cm³/mol. The van der Waals surface area contributed by atoms with Crippen LogP contribution in [0.1, 0.15) is 15.9 Å². The summed E-state index contributed by atoms with van der Waals surface area (Å²) in [5.41, 5.74) is 0.278. The van der Waals surface area contributed by atoms with Crippen molar-refractivity contribution in [3.63, 3.8) is 0 Å². The van der Waals surface area contributed by atoms with Crippen molar-refractivity contribution in [3.05, 3.63) is 71.3 Å². The Bertz CT molecular complexity index is 752. The Morgan fingerprint density at radius 2 is 1.78 bits per heavy atom. The summed E-state index contributed by atoms with van der Waals surface area (Å²) in [6, 6.07) is 8.76. The number of allylic oxidation sites excluding steroid dienone is 1. The number of carboxylic acids is 1. The molecule has 4 nitrogen and oxygen atoms in total. The molecule has 2 aromatic carbocycles. The van der Waals surface area contributed by atoms with Gasteiger partial charge in [0.2, 0.25) is 0 Å². The molecule has 0 bridgehead atoms. The van der Waals surface area contributed by atoms with Crippen LogP contribution in [0, 0.1) is 11.6 Å². The van der Waals surface area contributed by atoms with Gasteiger partial charge in [-0.05, 0) is 54.6 Å². The van der Waals surface area contributed by atoms with E-state index in [0.29, 0.717) is 11.3 Å². The van der Waals surface area contributed by atoms with Crippen LogP contribution in [0.25, 0.3) is 6.08 Å². The van der Waals surface area contributed by atoms with Crippen molar-refractivity contribution in [1.82, 2.24) is 0 Å². The number of benzene rings is 2. The number of ether oxygens (including phenoxy) is 1. The number of hydrogen-bond acceptors (Lipinski definition) is 3. The van der Waals surface area contributed by atoms with Gasteiger partial charge in [-0.3, -0.25) is 4.79 Å². The van der Waals surface area contributed by atoms with E-state index in [1.807, 2.05) is 0 Å². The predicted octanol–water partition coefficient (Wildman–Crippen LogP) is 3.32. The van der Waals surface area contributed by atoms with E-state index in [4.69, 9.17) is 9.84 Å². The maximum absolute atomic E-state index is 13.4. The summed E-state index contributed by atoms with van der Waals surface area (Å²) in [6.07, 6.45) is 2.32. The van der Waals surface area contributed by atoms with Crippen LogP contribution in [0.3, 0.4) is 0 Å². The maximum atomic E-state index is 13.4. The summed E-state index contributed by atoms with van der Waals surface area (Å²) in [5, 5.41) is 8.49. The fourth-order valence-corrected chi connectivity index (χ4v) is 1.76. The number of carbonyl (C=O) groups excluding carboxylic acids is 1. The molecule has 118 valence electrons. The average Bonchev–Trinajstić information content (AvgIpc) is 2.54. The molecule has 0 unspecified atom stereocenters. The Balaban J connectivity index is 2.07. The van der Waals surface area contributed by atoms with Gasteiger partial charge in [0.25, 0.3) is 0 Å². The van der Waals surface area contributed by atoms with Gasteiger partial charge in [-0.15, -0.1) is 0 Å². The van der Waals surface area contributed by atoms with Gasteiger partial charge in [-0.2, -0.15) is 0 Å². The quantitative estimate of drug-likeness (QED) is 0.655. The van der Waals surface area contributed by atoms with Crippen molar-refractivity contribution in [1.29, 1.82) is 0 Å². The van der Waals surface area contributed by atoms with Gasteiger partial charge in [-0.25, -0.2) is 13.6 Å². The molecule has 0 atom stereocenters. The molecule has 0 aliphatic rings. The van der Waals surface area contributed by atoms with Crippen molar-refractivity contribution < 1.29 is 28.2 Å². The van der Waals surface area contributed by atoms with E-state index in [1.54, 1.807) is 0 Å². The Labute approximate surface area is 130 Å². The number of carbonyl (C=O) groups is 2. The molecule has 0 heterocycles. The molecule has 2 rings (SSSR count). The van der Waals surface area contributed by atoms with Crippen molar-refractivity contribution >= 4 is 17.8 Å². The maximum Gasteiger partial charge on any atom is 0.341 e. The van der Waals surface area contributed by atoms with Gasteiger partial charge in [0, 0.05) is 11.1 Å². The third-order valence-corrected chi connectivity index (χ3v) is 2.87. The standard InChI is InChI=1S/C17H12F2O4/c18-13-4-7-15(19)12(9-13)3-8-16(20)11-1-5-14(6-2-11)23-10-17(21)22/h1-9H,10H2,(H,21,22)/b8-3+. The van der Waals surface area contributed by atoms with Crippen LogP contribution in [0.5, 0.6) is 5.75 Å². The highest BCUT2D eigenvalue weighted by Gasteiger charge is 2.05. The molecule has 0 amide bonds. The van der Waals surface area contributed by atoms with Crippen molar-refractivity contribution in [2.24, 2.45) is 0 Å². The zero-order valence-corrected chi connectivity index (χ0v) is 11.8. The minimum atomic E-state index is -1.11. The molecule has 0 aromatic heterocycles. The minimum Gasteiger partial charge on any atom is -0.482 e. The van der Waals surface area contributed by atoms with Crippen LogP contribution in [0.15, 0.2) is 48.5 Å². The molecule has 0 saturated heterocycles. The average molecular weight is 318 g/mol. The van der Waals surface area contributed by atoms with Gasteiger partial charge >= 0.3 is 5.97 Å². The molecule has 0 spiro atoms. The molecule has 0 aliphatic heterocycles. The smallest absolute Gasteiger partial charge is 0.341 e. The highest BCUT2D eigenvalue weighted by Crippen LogP contribution is 2.15. The zero-order chi connectivity index (χ0) is 16.8. The van der Waals surface area contributed by atoms with E-state index in [9.17, 15) is 18.4 Å². The molecule has 0 fully saturated rings. The number of aliphatic carboxylic acids is 1. The molecule has 0 radical (unpaired) electrons. The second kappa shape index (κ2) is 7.31. The van der Waals surface area contributed by atoms with Gasteiger partial charge in [-0.1, -0.05) is 0 Å². The van der Waals surface area contributed by atoms with Crippen molar-refractivity contribution in [2.75, 3.05) is 6.61 Å². The fraction of sp³-hybridized carbons (Fsp3) is 0.0588. The molecule has 0 saturated carbocycles. The number of carboxylic acid groups (broad SMARTS) is 1. The monoisotopic (exact) mass is 318 g/mol. The van der Waals surface area contributed by atoms with E-state index in [0.717, 1.165) is 24.3 Å². The summed E-state index contributed by atoms with van der Waals surface area (Å²) in [6.45, 7) is -0.480. The Morgan fingerprint density at radius 1 is 1.09 bits per heavy atom. The number of hydrogen-bond donors (Lipinski definition) is 1. The largest absolute Gasteiger partial charge is 0.482 e. The summed E-state index contributed by atoms with van der Waals surface area (Å²) < 4.78 is 31.4. The summed E-state index contributed by atoms with van der Waals surface area (Å²) in [7, 11) is 0. The molecule has 1 N–H and O–H groups in total. The summed E-state index contributed by atoms with van der Waals surface area (Å²) in [5.74, 6) is -2.43. The van der Waals surface area contributed by atoms with Gasteiger partial charge in [0.15, 0.2) is 12.4 Å². The van der Waals surface area contributed by atoms with E-state index >= 15 is 0 Å². The summed E-state index contributed by atoms with van der Waals surface area (Å²) in [4.78, 5) is 22.3. The lowest BCUT2D eigenvalue weighted by molar-refractivity contribution is -0.139. The molecule has 6 heteroatoms. The SMILES string of the molecule is O=C(O)COc1ccc(C(=O)/C=C/c2cc(F)ccc2F)cc1. The van der Waals surface area contributed by atoms with Gasteiger partial charge in [0.05, 0.1) is 0 Å². The fourth-order valence-electron chi connectivity index (χ4n) is 1.76. The first kappa shape index (κ1) is 16.4. The van der Waals surface area contributed by atoms with Crippen LogP contribution >= 0.6 is 0 Å². The van der Waals surface area contributed by atoms with E-state index in [-0.39, 0.29) is 5.56 Å². The first-order chi connectivity index (χ1) is 11.0. The third kappa shape index (κ3) is 4.74. The van der Waals surface area contributed by atoms with Crippen LogP contribution < -0.4 is 4.74 Å². The van der Waals surface area contributed by atoms with Crippen molar-refractivity contribution in [3.8, 4) is 5.75 Å². The van der Waals surface area contributed by atoms with Gasteiger partial charge in [0.1, 0.15) is 17.4 Å². The molecular formula is C17H12F2O4. The lowest BCUT2D eigenvalue weighted by Gasteiger charge is -2.03. The lowest BCUT2D eigenvalue weighted by Crippen LogP contribution is -2.09. The number of ketones is 1. The second-order valence-corrected chi connectivity index (χ2v) is 4.57. The first-order valence-corrected chi connectivity index (χ1v) is 6.58. The third-order valence-electron chi connectivity index (χ3n) is 2.87. The topological polar surface area (TPSA) is 63.6 Å². The van der Waals surface area contributed by atoms with Crippen LogP contribution in [-0.4, -0.2) is 23.5 Å². The number of halogens is 2. The molecule has 23 heavy (non-hydrogen) atoms. The van der Waals surface area contributed by atoms with E-state index in [2.05, 4.69) is 0 Å². The minimum absolute atomic E-state index is 0.0280. The lowest BCUT2D eigenvalue weighted by atomic mass is 10.1. The highest BCUT2D eigenvalue weighted by atomic mass is 19.1. The molecular weight excluding hydrogens is 306 g/mol. The Hall–Kier alpha value is -3.02. The van der Waals surface area contributed by atoms with E-state index in [1.165, 1.54) is 30.3 Å². The first-order valence-electron chi connectivity index (χ1n) is 6.58. The second-order valence-electron chi connectivity index (χ2n) is 4.57. The molecule has 0 aliphatic carbocycles. The Morgan fingerprint density at radius 3 is 2.43 bits per heavy atom. The van der Waals surface area contributed by atoms with Crippen molar-refractivity contribution in [2.45, 2.75) is 0 Å². The van der Waals surface area contributed by atoms with Crippen LogP contribution in [0.4, 0.5) is 8.78 Å². The van der Waals surface area contributed by atoms with Gasteiger partial charge < -0.3 is 9.84 Å². The zero-order valence-electron chi connectivity index (χ0n) is 11.8.